The number of carbonyl (C=O) groups is 1. The first-order chi connectivity index (χ1) is 14.2. The molecule has 0 spiro atoms. The van der Waals surface area contributed by atoms with Crippen molar-refractivity contribution in [3.05, 3.63) is 53.1 Å². The fourth-order valence-electron chi connectivity index (χ4n) is 3.38. The molecule has 2 aromatic carbocycles. The molecule has 10 heteroatoms. The number of hydrogen-bond donors (Lipinski definition) is 1. The fraction of sp³-hybridized carbons (Fsp3) is 0.300. The maximum Gasteiger partial charge on any atom is 0.257 e. The second-order valence-corrected chi connectivity index (χ2v) is 10.6. The summed E-state index contributed by atoms with van der Waals surface area (Å²) in [5, 5.41) is 3.80. The molecule has 2 unspecified atom stereocenters. The molecule has 1 saturated heterocycles. The lowest BCUT2D eigenvalue weighted by atomic mass is 10.2. The van der Waals surface area contributed by atoms with Crippen molar-refractivity contribution in [2.45, 2.75) is 31.0 Å². The van der Waals surface area contributed by atoms with Crippen LogP contribution in [0.5, 0.6) is 0 Å². The second-order valence-electron chi connectivity index (χ2n) is 7.19. The van der Waals surface area contributed by atoms with E-state index in [0.29, 0.717) is 28.8 Å². The van der Waals surface area contributed by atoms with Crippen LogP contribution >= 0.6 is 22.9 Å². The lowest BCUT2D eigenvalue weighted by Gasteiger charge is -2.34. The Balaban J connectivity index is 1.50. The smallest absolute Gasteiger partial charge is 0.257 e. The number of thiazole rings is 1. The average Bonchev–Trinajstić information content (AvgIpc) is 3.08. The van der Waals surface area contributed by atoms with Crippen LogP contribution in [0.15, 0.2) is 47.4 Å². The number of carbonyl (C=O) groups excluding carboxylic acids is 1. The number of sulfonamides is 1. The van der Waals surface area contributed by atoms with E-state index in [-0.39, 0.29) is 23.0 Å². The minimum atomic E-state index is -3.65. The third-order valence-corrected chi connectivity index (χ3v) is 7.73. The summed E-state index contributed by atoms with van der Waals surface area (Å²) < 4.78 is 33.8. The van der Waals surface area contributed by atoms with Crippen LogP contribution in [-0.4, -0.2) is 48.9 Å². The zero-order valence-corrected chi connectivity index (χ0v) is 18.7. The molecule has 1 aliphatic rings. The van der Waals surface area contributed by atoms with E-state index in [4.69, 9.17) is 16.3 Å². The highest BCUT2D eigenvalue weighted by molar-refractivity contribution is 7.89. The van der Waals surface area contributed by atoms with Crippen LogP contribution in [0.4, 0.5) is 5.13 Å². The van der Waals surface area contributed by atoms with Crippen molar-refractivity contribution in [3.63, 3.8) is 0 Å². The Morgan fingerprint density at radius 2 is 1.83 bits per heavy atom. The van der Waals surface area contributed by atoms with Gasteiger partial charge in [0.2, 0.25) is 10.0 Å². The number of nitrogens with one attached hydrogen (secondary N) is 1. The molecule has 0 saturated carbocycles. The standard InChI is InChI=1S/C20H20ClN3O4S2/c1-12-10-24(11-13(2)28-12)30(26,27)16-6-3-14(4-7-16)19(25)23-20-22-17-8-5-15(21)9-18(17)29-20/h3-9,12-13H,10-11H2,1-2H3,(H,22,23,25). The van der Waals surface area contributed by atoms with Crippen LogP contribution in [0.3, 0.4) is 0 Å². The summed E-state index contributed by atoms with van der Waals surface area (Å²) in [6.07, 6.45) is -0.338. The fourth-order valence-corrected chi connectivity index (χ4v) is 6.10. The number of fused-ring (bicyclic) bond motifs is 1. The molecule has 158 valence electrons. The summed E-state index contributed by atoms with van der Waals surface area (Å²) in [5.41, 5.74) is 1.09. The number of halogens is 1. The highest BCUT2D eigenvalue weighted by Gasteiger charge is 2.32. The predicted octanol–water partition coefficient (Wildman–Crippen LogP) is 4.00. The Morgan fingerprint density at radius 3 is 2.50 bits per heavy atom. The van der Waals surface area contributed by atoms with Gasteiger partial charge in [0, 0.05) is 23.7 Å². The van der Waals surface area contributed by atoms with E-state index in [0.717, 1.165) is 10.2 Å². The number of anilines is 1. The SMILES string of the molecule is CC1CN(S(=O)(=O)c2ccc(C(=O)Nc3nc4ccc(Cl)cc4s3)cc2)CC(C)O1. The van der Waals surface area contributed by atoms with Gasteiger partial charge in [-0.25, -0.2) is 13.4 Å². The maximum atomic E-state index is 12.9. The van der Waals surface area contributed by atoms with Gasteiger partial charge in [-0.3, -0.25) is 10.1 Å². The molecule has 3 aromatic rings. The highest BCUT2D eigenvalue weighted by atomic mass is 35.5. The van der Waals surface area contributed by atoms with E-state index in [1.165, 1.54) is 39.9 Å². The molecule has 1 aliphatic heterocycles. The number of amides is 1. The van der Waals surface area contributed by atoms with Crippen LogP contribution in [0.2, 0.25) is 5.02 Å². The number of rotatable bonds is 4. The third kappa shape index (κ3) is 4.35. The first-order valence-corrected chi connectivity index (χ1v) is 12.0. The maximum absolute atomic E-state index is 12.9. The number of nitrogens with zero attached hydrogens (tertiary/aromatic N) is 2. The monoisotopic (exact) mass is 465 g/mol. The van der Waals surface area contributed by atoms with Gasteiger partial charge in [-0.2, -0.15) is 4.31 Å². The first-order valence-electron chi connectivity index (χ1n) is 9.35. The van der Waals surface area contributed by atoms with Gasteiger partial charge in [0.15, 0.2) is 5.13 Å². The van der Waals surface area contributed by atoms with Gasteiger partial charge < -0.3 is 4.74 Å². The summed E-state index contributed by atoms with van der Waals surface area (Å²) in [6, 6.07) is 11.2. The van der Waals surface area contributed by atoms with Gasteiger partial charge >= 0.3 is 0 Å². The molecule has 2 atom stereocenters. The Kier molecular flexibility index (Phi) is 5.82. The van der Waals surface area contributed by atoms with Crippen molar-refractivity contribution in [1.29, 1.82) is 0 Å². The van der Waals surface area contributed by atoms with Crippen LogP contribution in [0, 0.1) is 0 Å². The van der Waals surface area contributed by atoms with Gasteiger partial charge in [-0.15, -0.1) is 0 Å². The second kappa shape index (κ2) is 8.24. The predicted molar refractivity (Wildman–Crippen MR) is 118 cm³/mol. The molecule has 30 heavy (non-hydrogen) atoms. The van der Waals surface area contributed by atoms with Gasteiger partial charge in [-0.1, -0.05) is 22.9 Å². The molecule has 4 rings (SSSR count). The Labute approximate surface area is 183 Å². The van der Waals surface area contributed by atoms with Gasteiger partial charge in [0.05, 0.1) is 27.3 Å². The molecule has 0 bridgehead atoms. The zero-order chi connectivity index (χ0) is 21.5. The van der Waals surface area contributed by atoms with Crippen LogP contribution in [0.25, 0.3) is 10.2 Å². The molecular weight excluding hydrogens is 446 g/mol. The number of morpholine rings is 1. The number of ether oxygens (including phenoxy) is 1. The Morgan fingerprint density at radius 1 is 1.17 bits per heavy atom. The van der Waals surface area contributed by atoms with Crippen molar-refractivity contribution in [2.75, 3.05) is 18.4 Å². The number of aromatic nitrogens is 1. The summed E-state index contributed by atoms with van der Waals surface area (Å²) in [5.74, 6) is -0.363. The third-order valence-electron chi connectivity index (χ3n) is 4.71. The minimum Gasteiger partial charge on any atom is -0.373 e. The molecule has 7 nitrogen and oxygen atoms in total. The van der Waals surface area contributed by atoms with E-state index in [2.05, 4.69) is 10.3 Å². The topological polar surface area (TPSA) is 88.6 Å². The summed E-state index contributed by atoms with van der Waals surface area (Å²) >= 11 is 7.30. The molecular formula is C20H20ClN3O4S2. The van der Waals surface area contributed by atoms with Crippen molar-refractivity contribution in [1.82, 2.24) is 9.29 Å². The summed E-state index contributed by atoms with van der Waals surface area (Å²) in [4.78, 5) is 17.1. The van der Waals surface area contributed by atoms with E-state index in [1.807, 2.05) is 13.8 Å². The molecule has 1 amide bonds. The summed E-state index contributed by atoms with van der Waals surface area (Å²) in [7, 11) is -3.65. The lowest BCUT2D eigenvalue weighted by Crippen LogP contribution is -2.48. The van der Waals surface area contributed by atoms with E-state index in [1.54, 1.807) is 18.2 Å². The van der Waals surface area contributed by atoms with Gasteiger partial charge in [0.1, 0.15) is 0 Å². The molecule has 0 radical (unpaired) electrons. The quantitative estimate of drug-likeness (QED) is 0.629. The van der Waals surface area contributed by atoms with Crippen LogP contribution < -0.4 is 5.32 Å². The van der Waals surface area contributed by atoms with E-state index in [9.17, 15) is 13.2 Å². The molecule has 1 N–H and O–H groups in total. The van der Waals surface area contributed by atoms with Gasteiger partial charge in [-0.05, 0) is 56.3 Å². The molecule has 2 heterocycles. The normalized spacial score (nSPS) is 20.4. The van der Waals surface area contributed by atoms with Crippen LogP contribution in [0.1, 0.15) is 24.2 Å². The average molecular weight is 466 g/mol. The molecule has 1 aromatic heterocycles. The van der Waals surface area contributed by atoms with E-state index < -0.39 is 10.0 Å². The van der Waals surface area contributed by atoms with Crippen molar-refractivity contribution < 1.29 is 17.9 Å². The Hall–Kier alpha value is -2.04. The molecule has 1 fully saturated rings. The van der Waals surface area contributed by atoms with Crippen molar-refractivity contribution >= 4 is 54.2 Å². The van der Waals surface area contributed by atoms with Gasteiger partial charge in [0.25, 0.3) is 5.91 Å². The van der Waals surface area contributed by atoms with Crippen molar-refractivity contribution in [2.24, 2.45) is 0 Å². The largest absolute Gasteiger partial charge is 0.373 e. The highest BCUT2D eigenvalue weighted by Crippen LogP contribution is 2.29. The van der Waals surface area contributed by atoms with E-state index >= 15 is 0 Å². The zero-order valence-electron chi connectivity index (χ0n) is 16.3. The van der Waals surface area contributed by atoms with Crippen molar-refractivity contribution in [3.8, 4) is 0 Å². The first kappa shape index (κ1) is 21.2. The minimum absolute atomic E-state index is 0.148. The molecule has 0 aliphatic carbocycles. The number of hydrogen-bond acceptors (Lipinski definition) is 6. The number of benzene rings is 2. The lowest BCUT2D eigenvalue weighted by molar-refractivity contribution is -0.0440. The van der Waals surface area contributed by atoms with Crippen LogP contribution in [-0.2, 0) is 14.8 Å². The Bertz CT molecular complexity index is 1180. The summed E-state index contributed by atoms with van der Waals surface area (Å²) in [6.45, 7) is 4.30.